The third-order valence-electron chi connectivity index (χ3n) is 1.94. The van der Waals surface area contributed by atoms with Crippen molar-refractivity contribution in [2.45, 2.75) is 6.18 Å². The molecular formula is C10H10F3N3O. The van der Waals surface area contributed by atoms with Gasteiger partial charge in [0.1, 0.15) is 18.4 Å². The average molecular weight is 245 g/mol. The Kier molecular flexibility index (Phi) is 4.29. The predicted octanol–water partition coefficient (Wildman–Crippen LogP) is 1.31. The van der Waals surface area contributed by atoms with Crippen molar-refractivity contribution in [1.29, 1.82) is 5.26 Å². The number of rotatable bonds is 4. The molecule has 0 bridgehead atoms. The lowest BCUT2D eigenvalue weighted by Crippen LogP contribution is -2.36. The van der Waals surface area contributed by atoms with E-state index in [9.17, 15) is 13.2 Å². The first kappa shape index (κ1) is 13.3. The zero-order valence-corrected chi connectivity index (χ0v) is 8.78. The molecule has 0 aromatic carbocycles. The Morgan fingerprint density at radius 2 is 2.12 bits per heavy atom. The largest absolute Gasteiger partial charge is 0.405 e. The van der Waals surface area contributed by atoms with E-state index < -0.39 is 19.3 Å². The van der Waals surface area contributed by atoms with Crippen LogP contribution >= 0.6 is 0 Å². The fourth-order valence-corrected chi connectivity index (χ4v) is 1.25. The molecule has 0 fully saturated rings. The minimum absolute atomic E-state index is 0.0791. The summed E-state index contributed by atoms with van der Waals surface area (Å²) in [7, 11) is 0. The van der Waals surface area contributed by atoms with E-state index in [1.165, 1.54) is 18.3 Å². The van der Waals surface area contributed by atoms with Gasteiger partial charge in [0.15, 0.2) is 0 Å². The Morgan fingerprint density at radius 3 is 2.53 bits per heavy atom. The van der Waals surface area contributed by atoms with Gasteiger partial charge in [-0.05, 0) is 12.1 Å². The van der Waals surface area contributed by atoms with Crippen molar-refractivity contribution in [2.24, 2.45) is 0 Å². The highest BCUT2D eigenvalue weighted by Gasteiger charge is 2.31. The molecule has 0 saturated carbocycles. The highest BCUT2D eigenvalue weighted by molar-refractivity contribution is 5.42. The number of alkyl halides is 3. The number of nitrogens with zero attached hydrogens (tertiary/aromatic N) is 3. The van der Waals surface area contributed by atoms with Gasteiger partial charge in [-0.25, -0.2) is 4.98 Å². The molecule has 1 aromatic heterocycles. The number of halogens is 3. The molecule has 0 aliphatic rings. The van der Waals surface area contributed by atoms with Gasteiger partial charge < -0.3 is 10.0 Å². The topological polar surface area (TPSA) is 60.2 Å². The van der Waals surface area contributed by atoms with E-state index in [1.807, 2.05) is 6.07 Å². The maximum absolute atomic E-state index is 12.3. The molecule has 4 nitrogen and oxygen atoms in total. The van der Waals surface area contributed by atoms with Crippen molar-refractivity contribution in [1.82, 2.24) is 4.98 Å². The van der Waals surface area contributed by atoms with Crippen LogP contribution in [0.25, 0.3) is 0 Å². The first-order valence-corrected chi connectivity index (χ1v) is 4.75. The van der Waals surface area contributed by atoms with Crippen LogP contribution in [0.4, 0.5) is 19.0 Å². The van der Waals surface area contributed by atoms with Crippen molar-refractivity contribution in [3.8, 4) is 6.07 Å². The van der Waals surface area contributed by atoms with Crippen molar-refractivity contribution < 1.29 is 18.3 Å². The SMILES string of the molecule is N#Cc1ccc(N(CCO)CC(F)(F)F)nc1. The minimum Gasteiger partial charge on any atom is -0.395 e. The van der Waals surface area contributed by atoms with E-state index in [0.29, 0.717) is 0 Å². The van der Waals surface area contributed by atoms with Gasteiger partial charge in [-0.2, -0.15) is 18.4 Å². The summed E-state index contributed by atoms with van der Waals surface area (Å²) in [4.78, 5) is 4.65. The van der Waals surface area contributed by atoms with E-state index >= 15 is 0 Å². The zero-order valence-electron chi connectivity index (χ0n) is 8.78. The van der Waals surface area contributed by atoms with Crippen molar-refractivity contribution >= 4 is 5.82 Å². The van der Waals surface area contributed by atoms with Crippen molar-refractivity contribution in [3.63, 3.8) is 0 Å². The maximum Gasteiger partial charge on any atom is 0.405 e. The third kappa shape index (κ3) is 4.28. The summed E-state index contributed by atoms with van der Waals surface area (Å²) in [6.07, 6.45) is -3.18. The summed E-state index contributed by atoms with van der Waals surface area (Å²) < 4.78 is 36.8. The second kappa shape index (κ2) is 5.50. The maximum atomic E-state index is 12.3. The van der Waals surface area contributed by atoms with Gasteiger partial charge in [0.05, 0.1) is 12.2 Å². The number of pyridine rings is 1. The third-order valence-corrected chi connectivity index (χ3v) is 1.94. The summed E-state index contributed by atoms with van der Waals surface area (Å²) in [6.45, 7) is -1.76. The minimum atomic E-state index is -4.37. The average Bonchev–Trinajstić information content (AvgIpc) is 2.27. The van der Waals surface area contributed by atoms with Crippen LogP contribution in [0.3, 0.4) is 0 Å². The number of aliphatic hydroxyl groups is 1. The summed E-state index contributed by atoms with van der Waals surface area (Å²) >= 11 is 0. The van der Waals surface area contributed by atoms with E-state index in [2.05, 4.69) is 4.98 Å². The summed E-state index contributed by atoms with van der Waals surface area (Å²) in [5, 5.41) is 17.2. The molecule has 7 heteroatoms. The smallest absolute Gasteiger partial charge is 0.395 e. The zero-order chi connectivity index (χ0) is 12.9. The van der Waals surface area contributed by atoms with Gasteiger partial charge in [0.25, 0.3) is 0 Å². The van der Waals surface area contributed by atoms with Crippen LogP contribution in [0.15, 0.2) is 18.3 Å². The molecule has 0 unspecified atom stereocenters. The first-order valence-electron chi connectivity index (χ1n) is 4.75. The fraction of sp³-hybridized carbons (Fsp3) is 0.400. The lowest BCUT2D eigenvalue weighted by Gasteiger charge is -2.23. The van der Waals surface area contributed by atoms with Crippen molar-refractivity contribution in [2.75, 3.05) is 24.6 Å². The summed E-state index contributed by atoms with van der Waals surface area (Å²) in [5.74, 6) is 0.0791. The molecule has 0 spiro atoms. The van der Waals surface area contributed by atoms with Gasteiger partial charge in [0, 0.05) is 12.7 Å². The Morgan fingerprint density at radius 1 is 1.41 bits per heavy atom. The number of aliphatic hydroxyl groups excluding tert-OH is 1. The molecule has 0 radical (unpaired) electrons. The molecular weight excluding hydrogens is 235 g/mol. The second-order valence-electron chi connectivity index (χ2n) is 3.28. The quantitative estimate of drug-likeness (QED) is 0.868. The lowest BCUT2D eigenvalue weighted by atomic mass is 10.3. The van der Waals surface area contributed by atoms with Crippen LogP contribution in [0, 0.1) is 11.3 Å². The molecule has 17 heavy (non-hydrogen) atoms. The van der Waals surface area contributed by atoms with E-state index in [-0.39, 0.29) is 17.9 Å². The van der Waals surface area contributed by atoms with Crippen LogP contribution < -0.4 is 4.90 Å². The highest BCUT2D eigenvalue weighted by atomic mass is 19.4. The number of hydrogen-bond donors (Lipinski definition) is 1. The Labute approximate surface area is 95.9 Å². The predicted molar refractivity (Wildman–Crippen MR) is 54.3 cm³/mol. The molecule has 92 valence electrons. The van der Waals surface area contributed by atoms with E-state index in [4.69, 9.17) is 10.4 Å². The van der Waals surface area contributed by atoms with Crippen LogP contribution in [-0.2, 0) is 0 Å². The molecule has 0 atom stereocenters. The monoisotopic (exact) mass is 245 g/mol. The molecule has 0 aliphatic heterocycles. The second-order valence-corrected chi connectivity index (χ2v) is 3.28. The summed E-state index contributed by atoms with van der Waals surface area (Å²) in [5.41, 5.74) is 0.268. The Balaban J connectivity index is 2.86. The van der Waals surface area contributed by atoms with Crippen molar-refractivity contribution in [3.05, 3.63) is 23.9 Å². The molecule has 1 heterocycles. The van der Waals surface area contributed by atoms with Crippen LogP contribution in [0.5, 0.6) is 0 Å². The Hall–Kier alpha value is -1.81. The normalized spacial score (nSPS) is 11.0. The fourth-order valence-electron chi connectivity index (χ4n) is 1.25. The number of nitriles is 1. The molecule has 1 aromatic rings. The van der Waals surface area contributed by atoms with Crippen LogP contribution in [0.1, 0.15) is 5.56 Å². The number of aromatic nitrogens is 1. The standard InChI is InChI=1S/C10H10F3N3O/c11-10(12,13)7-16(3-4-17)9-2-1-8(5-14)6-15-9/h1-2,6,17H,3-4,7H2. The van der Waals surface area contributed by atoms with E-state index in [0.717, 1.165) is 4.90 Å². The molecule has 0 aliphatic carbocycles. The summed E-state index contributed by atoms with van der Waals surface area (Å²) in [6, 6.07) is 4.52. The van der Waals surface area contributed by atoms with Crippen LogP contribution in [-0.4, -0.2) is 36.0 Å². The molecule has 0 amide bonds. The number of anilines is 1. The van der Waals surface area contributed by atoms with Crippen LogP contribution in [0.2, 0.25) is 0 Å². The molecule has 0 saturated heterocycles. The van der Waals surface area contributed by atoms with Gasteiger partial charge in [-0.3, -0.25) is 0 Å². The molecule has 1 N–H and O–H groups in total. The molecule has 1 rings (SSSR count). The highest BCUT2D eigenvalue weighted by Crippen LogP contribution is 2.20. The lowest BCUT2D eigenvalue weighted by molar-refractivity contribution is -0.119. The van der Waals surface area contributed by atoms with Gasteiger partial charge in [-0.1, -0.05) is 0 Å². The van der Waals surface area contributed by atoms with E-state index in [1.54, 1.807) is 0 Å². The Bertz CT molecular complexity index is 397. The van der Waals surface area contributed by atoms with Gasteiger partial charge in [0.2, 0.25) is 0 Å². The number of hydrogen-bond acceptors (Lipinski definition) is 4. The van der Waals surface area contributed by atoms with Gasteiger partial charge >= 0.3 is 6.18 Å². The van der Waals surface area contributed by atoms with Gasteiger partial charge in [-0.15, -0.1) is 0 Å². The first-order chi connectivity index (χ1) is 7.96.